The van der Waals surface area contributed by atoms with Crippen molar-refractivity contribution in [3.8, 4) is 67.5 Å². The second-order valence-corrected chi connectivity index (χ2v) is 18.6. The van der Waals surface area contributed by atoms with E-state index in [2.05, 4.69) is 145 Å². The molecule has 1 N–H and O–H groups in total. The normalized spacial score (nSPS) is 11.6. The van der Waals surface area contributed by atoms with Gasteiger partial charge in [0.15, 0.2) is 0 Å². The highest BCUT2D eigenvalue weighted by Crippen LogP contribution is 2.39. The molecule has 0 aliphatic heterocycles. The maximum Gasteiger partial charge on any atom is 0.149 e. The molecule has 0 atom stereocenters. The SMILES string of the molecule is C[Si](C)(C)c1cnc(-c2cc(-c3ccccc3)cc(-c3cccc4c3nc(-c3ccncc3O)n4-c3ccccc3)c2)cc1-c1ccccc1. The van der Waals surface area contributed by atoms with Crippen molar-refractivity contribution >= 4 is 24.3 Å². The summed E-state index contributed by atoms with van der Waals surface area (Å²) < 4.78 is 2.11. The maximum absolute atomic E-state index is 10.9. The summed E-state index contributed by atoms with van der Waals surface area (Å²) in [6.45, 7) is 7.12. The van der Waals surface area contributed by atoms with Gasteiger partial charge in [-0.3, -0.25) is 14.5 Å². The quantitative estimate of drug-likeness (QED) is 0.172. The zero-order valence-electron chi connectivity index (χ0n) is 28.2. The number of nitrogens with zero attached hydrogens (tertiary/aromatic N) is 4. The van der Waals surface area contributed by atoms with E-state index in [-0.39, 0.29) is 5.75 Å². The van der Waals surface area contributed by atoms with Crippen molar-refractivity contribution in [3.63, 3.8) is 0 Å². The minimum absolute atomic E-state index is 0.0805. The lowest BCUT2D eigenvalue weighted by Crippen LogP contribution is -2.39. The van der Waals surface area contributed by atoms with Crippen LogP contribution >= 0.6 is 0 Å². The van der Waals surface area contributed by atoms with Gasteiger partial charge >= 0.3 is 0 Å². The van der Waals surface area contributed by atoms with Crippen LogP contribution in [0.3, 0.4) is 0 Å². The third kappa shape index (κ3) is 5.80. The fraction of sp³-hybridized carbons (Fsp3) is 0.0682. The van der Waals surface area contributed by atoms with E-state index in [4.69, 9.17) is 9.97 Å². The molecular weight excluding hydrogens is 629 g/mol. The van der Waals surface area contributed by atoms with Gasteiger partial charge in [0.2, 0.25) is 0 Å². The van der Waals surface area contributed by atoms with Crippen LogP contribution in [0.4, 0.5) is 0 Å². The Morgan fingerprint density at radius 3 is 1.92 bits per heavy atom. The standard InChI is InChI=1S/C44H36N4OSi/c1-50(2,3)42-29-46-39(27-38(42)31-16-9-5-10-17-31)34-25-32(30-14-7-4-8-15-30)24-33(26-34)36-20-13-21-40-43(36)47-44(37-22-23-45-28-41(37)49)48(40)35-18-11-6-12-19-35/h4-29,49H,1-3H3. The van der Waals surface area contributed by atoms with Crippen molar-refractivity contribution in [2.24, 2.45) is 0 Å². The van der Waals surface area contributed by atoms with Crippen molar-refractivity contribution in [2.75, 3.05) is 0 Å². The number of benzene rings is 5. The lowest BCUT2D eigenvalue weighted by atomic mass is 9.93. The Labute approximate surface area is 293 Å². The summed E-state index contributed by atoms with van der Waals surface area (Å²) in [6, 6.07) is 48.4. The molecule has 8 rings (SSSR count). The average Bonchev–Trinajstić information content (AvgIpc) is 3.55. The van der Waals surface area contributed by atoms with E-state index in [0.717, 1.165) is 50.2 Å². The van der Waals surface area contributed by atoms with Gasteiger partial charge in [-0.05, 0) is 81.5 Å². The first kappa shape index (κ1) is 31.2. The van der Waals surface area contributed by atoms with Gasteiger partial charge < -0.3 is 5.11 Å². The molecule has 3 aromatic heterocycles. The third-order valence-electron chi connectivity index (χ3n) is 9.18. The number of pyridine rings is 2. The van der Waals surface area contributed by atoms with Crippen molar-refractivity contribution in [3.05, 3.63) is 158 Å². The predicted octanol–water partition coefficient (Wildman–Crippen LogP) is 10.4. The van der Waals surface area contributed by atoms with Crippen molar-refractivity contribution < 1.29 is 5.11 Å². The Morgan fingerprint density at radius 2 is 1.22 bits per heavy atom. The van der Waals surface area contributed by atoms with Crippen LogP contribution in [0.2, 0.25) is 19.6 Å². The molecule has 0 bridgehead atoms. The smallest absolute Gasteiger partial charge is 0.149 e. The molecule has 5 aromatic carbocycles. The van der Waals surface area contributed by atoms with E-state index in [9.17, 15) is 5.11 Å². The highest BCUT2D eigenvalue weighted by molar-refractivity contribution is 6.89. The Balaban J connectivity index is 1.38. The molecule has 6 heteroatoms. The summed E-state index contributed by atoms with van der Waals surface area (Å²) in [4.78, 5) is 14.5. The fourth-order valence-corrected chi connectivity index (χ4v) is 8.20. The second kappa shape index (κ2) is 12.7. The first-order valence-electron chi connectivity index (χ1n) is 16.8. The highest BCUT2D eigenvalue weighted by atomic mass is 28.3. The first-order valence-corrected chi connectivity index (χ1v) is 20.3. The zero-order valence-corrected chi connectivity index (χ0v) is 29.2. The molecule has 0 unspecified atom stereocenters. The van der Waals surface area contributed by atoms with Gasteiger partial charge in [-0.15, -0.1) is 0 Å². The van der Waals surface area contributed by atoms with E-state index in [1.807, 2.05) is 30.3 Å². The minimum Gasteiger partial charge on any atom is -0.506 e. The third-order valence-corrected chi connectivity index (χ3v) is 11.2. The first-order chi connectivity index (χ1) is 24.3. The van der Waals surface area contributed by atoms with E-state index < -0.39 is 8.07 Å². The number of imidazole rings is 1. The summed E-state index contributed by atoms with van der Waals surface area (Å²) in [5, 5.41) is 12.3. The van der Waals surface area contributed by atoms with E-state index >= 15 is 0 Å². The molecule has 0 aliphatic carbocycles. The molecule has 50 heavy (non-hydrogen) atoms. The van der Waals surface area contributed by atoms with Gasteiger partial charge in [0, 0.05) is 29.2 Å². The Bertz CT molecular complexity index is 2470. The number of fused-ring (bicyclic) bond motifs is 1. The summed E-state index contributed by atoms with van der Waals surface area (Å²) in [5.41, 5.74) is 12.0. The number of hydrogen-bond acceptors (Lipinski definition) is 4. The minimum atomic E-state index is -1.70. The van der Waals surface area contributed by atoms with Crippen molar-refractivity contribution in [2.45, 2.75) is 19.6 Å². The van der Waals surface area contributed by atoms with Crippen molar-refractivity contribution in [1.82, 2.24) is 19.5 Å². The topological polar surface area (TPSA) is 63.8 Å². The summed E-state index contributed by atoms with van der Waals surface area (Å²) in [6.07, 6.45) is 5.25. The monoisotopic (exact) mass is 664 g/mol. The molecular formula is C44H36N4OSi. The Kier molecular flexibility index (Phi) is 7.94. The second-order valence-electron chi connectivity index (χ2n) is 13.6. The molecule has 5 nitrogen and oxygen atoms in total. The van der Waals surface area contributed by atoms with Crippen molar-refractivity contribution in [1.29, 1.82) is 0 Å². The Morgan fingerprint density at radius 1 is 0.560 bits per heavy atom. The van der Waals surface area contributed by atoms with Gasteiger partial charge in [-0.25, -0.2) is 4.98 Å². The van der Waals surface area contributed by atoms with Crippen LogP contribution in [-0.2, 0) is 0 Å². The van der Waals surface area contributed by atoms with Crippen LogP contribution in [0, 0.1) is 0 Å². The molecule has 0 fully saturated rings. The summed E-state index contributed by atoms with van der Waals surface area (Å²) in [5.74, 6) is 0.728. The summed E-state index contributed by atoms with van der Waals surface area (Å²) in [7, 11) is -1.70. The molecule has 3 heterocycles. The lowest BCUT2D eigenvalue weighted by Gasteiger charge is -2.22. The number of para-hydroxylation sites is 2. The van der Waals surface area contributed by atoms with Crippen LogP contribution in [0.1, 0.15) is 0 Å². The zero-order chi connectivity index (χ0) is 34.2. The molecule has 0 saturated heterocycles. The molecule has 8 aromatic rings. The van der Waals surface area contributed by atoms with Gasteiger partial charge in [0.05, 0.1) is 36.6 Å². The molecule has 0 aliphatic rings. The van der Waals surface area contributed by atoms with Gasteiger partial charge in [-0.2, -0.15) is 0 Å². The van der Waals surface area contributed by atoms with E-state index in [0.29, 0.717) is 11.4 Å². The van der Waals surface area contributed by atoms with Gasteiger partial charge in [-0.1, -0.05) is 111 Å². The summed E-state index contributed by atoms with van der Waals surface area (Å²) >= 11 is 0. The van der Waals surface area contributed by atoms with Crippen LogP contribution < -0.4 is 5.19 Å². The van der Waals surface area contributed by atoms with E-state index in [1.165, 1.54) is 22.5 Å². The van der Waals surface area contributed by atoms with E-state index in [1.54, 1.807) is 6.20 Å². The number of rotatable bonds is 7. The number of hydrogen-bond donors (Lipinski definition) is 1. The Hall–Kier alpha value is -6.11. The highest BCUT2D eigenvalue weighted by Gasteiger charge is 2.23. The van der Waals surface area contributed by atoms with Crippen LogP contribution in [0.25, 0.3) is 72.7 Å². The fourth-order valence-electron chi connectivity index (χ4n) is 6.72. The maximum atomic E-state index is 10.9. The molecule has 242 valence electrons. The average molecular weight is 665 g/mol. The predicted molar refractivity (Wildman–Crippen MR) is 208 cm³/mol. The molecule has 0 saturated carbocycles. The number of aromatic hydroxyl groups is 1. The van der Waals surface area contributed by atoms with Crippen LogP contribution in [0.15, 0.2) is 158 Å². The number of aromatic nitrogens is 4. The molecule has 0 amide bonds. The largest absolute Gasteiger partial charge is 0.506 e. The molecule has 0 spiro atoms. The molecule has 0 radical (unpaired) electrons. The van der Waals surface area contributed by atoms with Crippen LogP contribution in [-0.4, -0.2) is 32.7 Å². The van der Waals surface area contributed by atoms with Gasteiger partial charge in [0.1, 0.15) is 11.6 Å². The van der Waals surface area contributed by atoms with Crippen LogP contribution in [0.5, 0.6) is 5.75 Å². The van der Waals surface area contributed by atoms with Gasteiger partial charge in [0.25, 0.3) is 0 Å². The lowest BCUT2D eigenvalue weighted by molar-refractivity contribution is 0.474.